The summed E-state index contributed by atoms with van der Waals surface area (Å²) in [5.74, 6) is 0. The Morgan fingerprint density at radius 1 is 0.625 bits per heavy atom. The van der Waals surface area contributed by atoms with Crippen LogP contribution in [0.4, 0.5) is 0 Å². The average molecular weight is 435 g/mol. The second-order valence-electron chi connectivity index (χ2n) is 8.02. The summed E-state index contributed by atoms with van der Waals surface area (Å²) in [6.07, 6.45) is -3.14. The molecule has 0 radical (unpaired) electrons. The van der Waals surface area contributed by atoms with Crippen molar-refractivity contribution in [2.45, 2.75) is 57.5 Å². The number of aliphatic hydroxyl groups is 1. The summed E-state index contributed by atoms with van der Waals surface area (Å²) in [5.41, 5.74) is 3.10. The van der Waals surface area contributed by atoms with Gasteiger partial charge in [-0.25, -0.2) is 0 Å². The number of benzene rings is 3. The third-order valence-electron chi connectivity index (χ3n) is 5.58. The van der Waals surface area contributed by atoms with Crippen LogP contribution in [0.5, 0.6) is 0 Å². The molecule has 3 aromatic rings. The second-order valence-corrected chi connectivity index (χ2v) is 8.02. The molecule has 32 heavy (non-hydrogen) atoms. The summed E-state index contributed by atoms with van der Waals surface area (Å²) in [5, 5.41) is 11.1. The Labute approximate surface area is 189 Å². The van der Waals surface area contributed by atoms with Gasteiger partial charge in [0.15, 0.2) is 6.29 Å². The van der Waals surface area contributed by atoms with Gasteiger partial charge >= 0.3 is 0 Å². The van der Waals surface area contributed by atoms with E-state index in [9.17, 15) is 5.11 Å². The maximum Gasteiger partial charge on any atom is 0.186 e. The van der Waals surface area contributed by atoms with E-state index < -0.39 is 24.6 Å². The predicted octanol–water partition coefficient (Wildman–Crippen LogP) is 4.48. The quantitative estimate of drug-likeness (QED) is 0.538. The van der Waals surface area contributed by atoms with Gasteiger partial charge < -0.3 is 24.1 Å². The van der Waals surface area contributed by atoms with Crippen LogP contribution in [0.1, 0.15) is 23.6 Å². The van der Waals surface area contributed by atoms with Crippen LogP contribution >= 0.6 is 0 Å². The molecule has 0 saturated carbocycles. The summed E-state index contributed by atoms with van der Waals surface area (Å²) in [6, 6.07) is 29.7. The van der Waals surface area contributed by atoms with Crippen LogP contribution in [0.15, 0.2) is 91.0 Å². The molecule has 0 unspecified atom stereocenters. The fourth-order valence-electron chi connectivity index (χ4n) is 3.83. The van der Waals surface area contributed by atoms with Crippen molar-refractivity contribution < 1.29 is 24.1 Å². The van der Waals surface area contributed by atoms with Gasteiger partial charge in [0, 0.05) is 0 Å². The molecule has 4 rings (SSSR count). The maximum absolute atomic E-state index is 11.1. The summed E-state index contributed by atoms with van der Waals surface area (Å²) >= 11 is 0. The lowest BCUT2D eigenvalue weighted by molar-refractivity contribution is -0.312. The second kappa shape index (κ2) is 11.4. The highest BCUT2D eigenvalue weighted by atomic mass is 16.7. The molecule has 1 aliphatic heterocycles. The van der Waals surface area contributed by atoms with Gasteiger partial charge in [-0.2, -0.15) is 0 Å². The summed E-state index contributed by atoms with van der Waals surface area (Å²) in [7, 11) is 0. The average Bonchev–Trinajstić information content (AvgIpc) is 2.84. The third-order valence-corrected chi connectivity index (χ3v) is 5.58. The van der Waals surface area contributed by atoms with Gasteiger partial charge in [0.25, 0.3) is 0 Å². The van der Waals surface area contributed by atoms with Gasteiger partial charge in [-0.3, -0.25) is 0 Å². The van der Waals surface area contributed by atoms with Crippen molar-refractivity contribution in [3.8, 4) is 0 Å². The van der Waals surface area contributed by atoms with Gasteiger partial charge in [-0.15, -0.1) is 0 Å². The molecule has 1 aliphatic rings. The number of hydrogen-bond acceptors (Lipinski definition) is 5. The molecule has 5 heteroatoms. The topological polar surface area (TPSA) is 57.2 Å². The van der Waals surface area contributed by atoms with Crippen LogP contribution in [-0.2, 0) is 38.8 Å². The lowest BCUT2D eigenvalue weighted by Gasteiger charge is -2.43. The van der Waals surface area contributed by atoms with Crippen molar-refractivity contribution in [2.24, 2.45) is 0 Å². The summed E-state index contributed by atoms with van der Waals surface area (Å²) in [4.78, 5) is 0. The van der Waals surface area contributed by atoms with Crippen molar-refractivity contribution >= 4 is 0 Å². The molecular formula is C27H30O5. The van der Waals surface area contributed by atoms with E-state index in [2.05, 4.69) is 0 Å². The molecule has 0 aliphatic carbocycles. The van der Waals surface area contributed by atoms with E-state index in [1.165, 1.54) is 0 Å². The first-order valence-corrected chi connectivity index (χ1v) is 11.0. The minimum atomic E-state index is -0.987. The van der Waals surface area contributed by atoms with Crippen molar-refractivity contribution in [1.29, 1.82) is 0 Å². The van der Waals surface area contributed by atoms with Crippen molar-refractivity contribution in [3.63, 3.8) is 0 Å². The van der Waals surface area contributed by atoms with Crippen molar-refractivity contribution in [1.82, 2.24) is 0 Å². The first kappa shape index (κ1) is 22.6. The number of aliphatic hydroxyl groups excluding tert-OH is 1. The fourth-order valence-corrected chi connectivity index (χ4v) is 3.83. The molecule has 0 amide bonds. The minimum absolute atomic E-state index is 0.316. The van der Waals surface area contributed by atoms with E-state index in [-0.39, 0.29) is 6.10 Å². The van der Waals surface area contributed by atoms with Crippen LogP contribution in [-0.4, -0.2) is 35.8 Å². The Bertz CT molecular complexity index is 919. The van der Waals surface area contributed by atoms with Crippen molar-refractivity contribution in [2.75, 3.05) is 0 Å². The van der Waals surface area contributed by atoms with E-state index in [0.29, 0.717) is 19.8 Å². The van der Waals surface area contributed by atoms with Gasteiger partial charge in [-0.05, 0) is 23.6 Å². The highest BCUT2D eigenvalue weighted by Gasteiger charge is 2.45. The lowest BCUT2D eigenvalue weighted by atomic mass is 9.99. The molecular weight excluding hydrogens is 404 g/mol. The van der Waals surface area contributed by atoms with E-state index >= 15 is 0 Å². The molecule has 1 N–H and O–H groups in total. The van der Waals surface area contributed by atoms with E-state index in [1.54, 1.807) is 0 Å². The van der Waals surface area contributed by atoms with Crippen LogP contribution in [0, 0.1) is 0 Å². The zero-order chi connectivity index (χ0) is 22.2. The van der Waals surface area contributed by atoms with Crippen LogP contribution in [0.25, 0.3) is 0 Å². The van der Waals surface area contributed by atoms with Crippen LogP contribution < -0.4 is 0 Å². The Kier molecular flexibility index (Phi) is 8.04. The Morgan fingerprint density at radius 2 is 1.03 bits per heavy atom. The standard InChI is InChI=1S/C27H30O5/c1-20-25(29-17-21-11-5-2-6-12-21)26(30-18-22-13-7-3-8-14-22)24(28)27(32-20)31-19-23-15-9-4-10-16-23/h2-16,20,24-28H,17-19H2,1H3/t20-,24+,25-,26-,27+/m0/s1. The van der Waals surface area contributed by atoms with Crippen molar-refractivity contribution in [3.05, 3.63) is 108 Å². The molecule has 0 spiro atoms. The molecule has 5 nitrogen and oxygen atoms in total. The van der Waals surface area contributed by atoms with Gasteiger partial charge in [0.05, 0.1) is 25.9 Å². The van der Waals surface area contributed by atoms with E-state index in [0.717, 1.165) is 16.7 Å². The maximum atomic E-state index is 11.1. The smallest absolute Gasteiger partial charge is 0.186 e. The Morgan fingerprint density at radius 3 is 1.50 bits per heavy atom. The first-order chi connectivity index (χ1) is 15.7. The fraction of sp³-hybridized carbons (Fsp3) is 0.333. The Balaban J connectivity index is 1.45. The normalized spacial score (nSPS) is 25.5. The lowest BCUT2D eigenvalue weighted by Crippen LogP contribution is -2.59. The minimum Gasteiger partial charge on any atom is -0.385 e. The van der Waals surface area contributed by atoms with Gasteiger partial charge in [0.2, 0.25) is 0 Å². The third kappa shape index (κ3) is 6.03. The monoisotopic (exact) mass is 434 g/mol. The summed E-state index contributed by atoms with van der Waals surface area (Å²) < 4.78 is 24.4. The highest BCUT2D eigenvalue weighted by molar-refractivity contribution is 5.15. The Hall–Kier alpha value is -2.54. The van der Waals surface area contributed by atoms with Gasteiger partial charge in [-0.1, -0.05) is 91.0 Å². The molecule has 168 valence electrons. The molecule has 5 atom stereocenters. The van der Waals surface area contributed by atoms with Gasteiger partial charge in [0.1, 0.15) is 18.3 Å². The summed E-state index contributed by atoms with van der Waals surface area (Å²) in [6.45, 7) is 3.05. The molecule has 1 saturated heterocycles. The zero-order valence-corrected chi connectivity index (χ0v) is 18.2. The highest BCUT2D eigenvalue weighted by Crippen LogP contribution is 2.28. The van der Waals surface area contributed by atoms with E-state index in [1.807, 2.05) is 97.9 Å². The number of rotatable bonds is 9. The van der Waals surface area contributed by atoms with Crippen LogP contribution in [0.2, 0.25) is 0 Å². The number of hydrogen-bond donors (Lipinski definition) is 1. The SMILES string of the molecule is C[C@@H]1O[C@@H](OCc2ccccc2)[C@H](O)[C@H](OCc2ccccc2)[C@H]1OCc1ccccc1. The largest absolute Gasteiger partial charge is 0.385 e. The molecule has 1 fully saturated rings. The molecule has 1 heterocycles. The predicted molar refractivity (Wildman–Crippen MR) is 122 cm³/mol. The zero-order valence-electron chi connectivity index (χ0n) is 18.2. The molecule has 0 aromatic heterocycles. The van der Waals surface area contributed by atoms with E-state index in [4.69, 9.17) is 18.9 Å². The molecule has 3 aromatic carbocycles. The number of ether oxygens (including phenoxy) is 4. The first-order valence-electron chi connectivity index (χ1n) is 11.0. The van der Waals surface area contributed by atoms with Crippen LogP contribution in [0.3, 0.4) is 0 Å². The molecule has 0 bridgehead atoms.